The molecular weight excluding hydrogens is 281 g/mol. The van der Waals surface area contributed by atoms with E-state index in [9.17, 15) is 9.18 Å². The molecule has 0 unspecified atom stereocenters. The van der Waals surface area contributed by atoms with Crippen LogP contribution >= 0.6 is 0 Å². The first-order valence-corrected chi connectivity index (χ1v) is 7.08. The van der Waals surface area contributed by atoms with E-state index >= 15 is 0 Å². The molecule has 3 rings (SSSR count). The van der Waals surface area contributed by atoms with E-state index in [0.717, 1.165) is 22.2 Å². The normalized spacial score (nSPS) is 10.6. The molecule has 0 bridgehead atoms. The number of hydrogen-bond acceptors (Lipinski definition) is 1. The van der Waals surface area contributed by atoms with Crippen molar-refractivity contribution in [2.24, 2.45) is 0 Å². The van der Waals surface area contributed by atoms with Crippen LogP contribution in [0.1, 0.15) is 5.56 Å². The topological polar surface area (TPSA) is 56.9 Å². The minimum Gasteiger partial charge on any atom is -0.359 e. The van der Waals surface area contributed by atoms with Gasteiger partial charge in [-0.3, -0.25) is 0 Å². The molecule has 0 aliphatic heterocycles. The lowest BCUT2D eigenvalue weighted by molar-refractivity contribution is 0.252. The Morgan fingerprint density at radius 1 is 1.09 bits per heavy atom. The number of urea groups is 1. The molecule has 3 N–H and O–H groups in total. The molecule has 22 heavy (non-hydrogen) atoms. The fourth-order valence-corrected chi connectivity index (χ4v) is 2.31. The first-order chi connectivity index (χ1) is 10.7. The number of carbonyl (C=O) groups excluding carboxylic acids is 1. The first kappa shape index (κ1) is 14.1. The molecule has 0 radical (unpaired) electrons. The molecule has 0 atom stereocenters. The van der Waals surface area contributed by atoms with Crippen LogP contribution in [0.15, 0.2) is 54.7 Å². The monoisotopic (exact) mass is 297 g/mol. The fourth-order valence-electron chi connectivity index (χ4n) is 2.31. The van der Waals surface area contributed by atoms with Gasteiger partial charge in [-0.2, -0.15) is 0 Å². The van der Waals surface area contributed by atoms with Gasteiger partial charge in [0, 0.05) is 23.6 Å². The molecular formula is C17H16FN3O. The minimum absolute atomic E-state index is 0.256. The van der Waals surface area contributed by atoms with Gasteiger partial charge in [0.15, 0.2) is 0 Å². The van der Waals surface area contributed by atoms with E-state index in [1.54, 1.807) is 18.3 Å². The van der Waals surface area contributed by atoms with E-state index in [2.05, 4.69) is 15.6 Å². The van der Waals surface area contributed by atoms with Gasteiger partial charge in [-0.1, -0.05) is 30.3 Å². The molecule has 0 saturated heterocycles. The van der Waals surface area contributed by atoms with Crippen molar-refractivity contribution in [2.45, 2.75) is 6.42 Å². The van der Waals surface area contributed by atoms with Gasteiger partial charge < -0.3 is 15.6 Å². The number of H-pyrrole nitrogens is 1. The number of para-hydroxylation sites is 1. The second kappa shape index (κ2) is 6.30. The SMILES string of the molecule is O=C(NCCc1ccc(F)cc1)Nc1c[nH]c2ccccc12. The van der Waals surface area contributed by atoms with Gasteiger partial charge in [-0.25, -0.2) is 9.18 Å². The number of anilines is 1. The van der Waals surface area contributed by atoms with Crippen molar-refractivity contribution in [1.82, 2.24) is 10.3 Å². The summed E-state index contributed by atoms with van der Waals surface area (Å²) in [5, 5.41) is 6.58. The predicted molar refractivity (Wildman–Crippen MR) is 85.4 cm³/mol. The number of halogens is 1. The van der Waals surface area contributed by atoms with Gasteiger partial charge in [0.05, 0.1) is 5.69 Å². The predicted octanol–water partition coefficient (Wildman–Crippen LogP) is 3.67. The maximum atomic E-state index is 12.8. The molecule has 2 amide bonds. The number of benzene rings is 2. The highest BCUT2D eigenvalue weighted by Crippen LogP contribution is 2.22. The highest BCUT2D eigenvalue weighted by Gasteiger charge is 2.06. The van der Waals surface area contributed by atoms with E-state index in [4.69, 9.17) is 0 Å². The van der Waals surface area contributed by atoms with Gasteiger partial charge in [-0.15, -0.1) is 0 Å². The van der Waals surface area contributed by atoms with Crippen molar-refractivity contribution in [3.05, 3.63) is 66.1 Å². The Labute approximate surface area is 127 Å². The van der Waals surface area contributed by atoms with Crippen LogP contribution in [0.4, 0.5) is 14.9 Å². The average molecular weight is 297 g/mol. The van der Waals surface area contributed by atoms with Crippen LogP contribution < -0.4 is 10.6 Å². The molecule has 5 heteroatoms. The molecule has 3 aromatic rings. The van der Waals surface area contributed by atoms with Gasteiger partial charge in [-0.05, 0) is 30.2 Å². The van der Waals surface area contributed by atoms with Crippen LogP contribution in [0.2, 0.25) is 0 Å². The zero-order valence-electron chi connectivity index (χ0n) is 11.9. The molecule has 1 aromatic heterocycles. The molecule has 0 aliphatic carbocycles. The standard InChI is InChI=1S/C17H16FN3O/c18-13-7-5-12(6-8-13)9-10-19-17(22)21-16-11-20-15-4-2-1-3-14(15)16/h1-8,11,20H,9-10H2,(H2,19,21,22). The molecule has 1 heterocycles. The zero-order chi connectivity index (χ0) is 15.4. The summed E-state index contributed by atoms with van der Waals surface area (Å²) in [6.07, 6.45) is 2.42. The summed E-state index contributed by atoms with van der Waals surface area (Å²) in [6.45, 7) is 0.486. The second-order valence-electron chi connectivity index (χ2n) is 5.01. The van der Waals surface area contributed by atoms with Crippen molar-refractivity contribution in [3.63, 3.8) is 0 Å². The van der Waals surface area contributed by atoms with Crippen LogP contribution in [0.3, 0.4) is 0 Å². The van der Waals surface area contributed by atoms with Crippen molar-refractivity contribution in [1.29, 1.82) is 0 Å². The molecule has 0 aliphatic rings. The van der Waals surface area contributed by atoms with E-state index in [0.29, 0.717) is 13.0 Å². The number of hydrogen-bond donors (Lipinski definition) is 3. The Kier molecular flexibility index (Phi) is 4.05. The number of rotatable bonds is 4. The summed E-state index contributed by atoms with van der Waals surface area (Å²) >= 11 is 0. The smallest absolute Gasteiger partial charge is 0.319 e. The van der Waals surface area contributed by atoms with Gasteiger partial charge >= 0.3 is 6.03 Å². The largest absolute Gasteiger partial charge is 0.359 e. The molecule has 0 saturated carbocycles. The number of carbonyl (C=O) groups is 1. The van der Waals surface area contributed by atoms with E-state index in [1.165, 1.54) is 12.1 Å². The quantitative estimate of drug-likeness (QED) is 0.676. The lowest BCUT2D eigenvalue weighted by Crippen LogP contribution is -2.30. The van der Waals surface area contributed by atoms with Crippen LogP contribution in [0.5, 0.6) is 0 Å². The molecule has 2 aromatic carbocycles. The highest BCUT2D eigenvalue weighted by atomic mass is 19.1. The van der Waals surface area contributed by atoms with Crippen molar-refractivity contribution < 1.29 is 9.18 Å². The number of aromatic nitrogens is 1. The summed E-state index contributed by atoms with van der Waals surface area (Å²) in [5.74, 6) is -0.256. The van der Waals surface area contributed by atoms with Crippen LogP contribution in [-0.2, 0) is 6.42 Å². The van der Waals surface area contributed by atoms with E-state index < -0.39 is 0 Å². The van der Waals surface area contributed by atoms with Crippen LogP contribution in [0.25, 0.3) is 10.9 Å². The number of fused-ring (bicyclic) bond motifs is 1. The molecule has 0 spiro atoms. The van der Waals surface area contributed by atoms with Crippen molar-refractivity contribution in [3.8, 4) is 0 Å². The second-order valence-corrected chi connectivity index (χ2v) is 5.01. The maximum Gasteiger partial charge on any atom is 0.319 e. The Hall–Kier alpha value is -2.82. The van der Waals surface area contributed by atoms with Gasteiger partial charge in [0.1, 0.15) is 5.82 Å². The fraction of sp³-hybridized carbons (Fsp3) is 0.118. The lowest BCUT2D eigenvalue weighted by Gasteiger charge is -2.07. The Bertz CT molecular complexity index is 780. The summed E-state index contributed by atoms with van der Waals surface area (Å²) in [4.78, 5) is 15.0. The Balaban J connectivity index is 1.53. The Morgan fingerprint density at radius 3 is 2.68 bits per heavy atom. The van der Waals surface area contributed by atoms with E-state index in [1.807, 2.05) is 24.3 Å². The average Bonchev–Trinajstić information content (AvgIpc) is 2.93. The summed E-state index contributed by atoms with van der Waals surface area (Å²) in [7, 11) is 0. The zero-order valence-corrected chi connectivity index (χ0v) is 11.9. The summed E-state index contributed by atoms with van der Waals surface area (Å²) in [5.41, 5.74) is 2.70. The van der Waals surface area contributed by atoms with Crippen LogP contribution in [0, 0.1) is 5.82 Å². The van der Waals surface area contributed by atoms with Crippen molar-refractivity contribution >= 4 is 22.6 Å². The molecule has 112 valence electrons. The summed E-state index contributed by atoms with van der Waals surface area (Å²) < 4.78 is 12.8. The Morgan fingerprint density at radius 2 is 1.86 bits per heavy atom. The number of aromatic amines is 1. The molecule has 4 nitrogen and oxygen atoms in total. The number of nitrogens with one attached hydrogen (secondary N) is 3. The summed E-state index contributed by atoms with van der Waals surface area (Å²) in [6, 6.07) is 13.8. The van der Waals surface area contributed by atoms with Gasteiger partial charge in [0.2, 0.25) is 0 Å². The van der Waals surface area contributed by atoms with Gasteiger partial charge in [0.25, 0.3) is 0 Å². The third kappa shape index (κ3) is 3.25. The molecule has 0 fully saturated rings. The third-order valence-corrected chi connectivity index (χ3v) is 3.45. The number of amides is 2. The van der Waals surface area contributed by atoms with Crippen molar-refractivity contribution in [2.75, 3.05) is 11.9 Å². The maximum absolute atomic E-state index is 12.8. The third-order valence-electron chi connectivity index (χ3n) is 3.45. The first-order valence-electron chi connectivity index (χ1n) is 7.08. The highest BCUT2D eigenvalue weighted by molar-refractivity contribution is 6.00. The van der Waals surface area contributed by atoms with Crippen LogP contribution in [-0.4, -0.2) is 17.6 Å². The van der Waals surface area contributed by atoms with E-state index in [-0.39, 0.29) is 11.8 Å². The minimum atomic E-state index is -0.258. The lowest BCUT2D eigenvalue weighted by atomic mass is 10.1.